The first-order chi connectivity index (χ1) is 38.9. The highest BCUT2D eigenvalue weighted by Crippen LogP contribution is 2.41. The first kappa shape index (κ1) is 57.0. The molecule has 0 aliphatic carbocycles. The highest BCUT2D eigenvalue weighted by Gasteiger charge is 2.44. The van der Waals surface area contributed by atoms with Crippen molar-refractivity contribution in [2.24, 2.45) is 10.4 Å². The number of rotatable bonds is 19. The first-order valence-electron chi connectivity index (χ1n) is 28.8. The molecule has 81 heavy (non-hydrogen) atoms. The lowest BCUT2D eigenvalue weighted by molar-refractivity contribution is -0.144. The summed E-state index contributed by atoms with van der Waals surface area (Å²) in [7, 11) is 0. The van der Waals surface area contributed by atoms with Gasteiger partial charge in [0.2, 0.25) is 23.6 Å². The van der Waals surface area contributed by atoms with Crippen LogP contribution in [0.3, 0.4) is 0 Å². The SMILES string of the molecule is CCc1c(O)ccc2cc(O)cc(-c3ncc4c(N5CC6CCC(C5)N6)nc(OCCCN5CCN(C(=O)CCCCC(=O)N[C@H](C(=O)N6C[C@H](O)C[C@H]6C(=O)NCc6ccc(C7=C(C)N=CC7)cc6)C(C)(C)C)CC5)nc4c3F)c12. The lowest BCUT2D eigenvalue weighted by atomic mass is 9.85. The third-order valence-corrected chi connectivity index (χ3v) is 16.6. The Hall–Kier alpha value is -7.29. The number of amides is 4. The molecule has 0 saturated carbocycles. The van der Waals surface area contributed by atoms with Gasteiger partial charge in [-0.15, -0.1) is 0 Å². The number of carbonyl (C=O) groups is 4. The molecular formula is C61H76FN11O8. The van der Waals surface area contributed by atoms with E-state index in [1.54, 1.807) is 24.4 Å². The summed E-state index contributed by atoms with van der Waals surface area (Å²) in [6.07, 6.45) is 8.04. The molecule has 4 amide bonds. The van der Waals surface area contributed by atoms with Crippen LogP contribution < -0.4 is 25.6 Å². The third kappa shape index (κ3) is 12.8. The van der Waals surface area contributed by atoms with Crippen LogP contribution in [-0.2, 0) is 32.1 Å². The van der Waals surface area contributed by atoms with E-state index in [0.29, 0.717) is 105 Å². The van der Waals surface area contributed by atoms with Crippen molar-refractivity contribution >= 4 is 62.9 Å². The van der Waals surface area contributed by atoms with Crippen molar-refractivity contribution in [2.45, 2.75) is 136 Å². The summed E-state index contributed by atoms with van der Waals surface area (Å²) in [4.78, 5) is 80.6. The predicted octanol–water partition coefficient (Wildman–Crippen LogP) is 6.39. The van der Waals surface area contributed by atoms with E-state index in [4.69, 9.17) is 9.72 Å². The average molecular weight is 1110 g/mol. The highest BCUT2D eigenvalue weighted by molar-refractivity contribution is 6.03. The number of piperazine rings is 2. The summed E-state index contributed by atoms with van der Waals surface area (Å²) in [5.41, 5.74) is 4.47. The molecule has 5 aromatic rings. The van der Waals surface area contributed by atoms with E-state index in [9.17, 15) is 34.5 Å². The molecule has 4 fully saturated rings. The normalized spacial score (nSPS) is 20.7. The van der Waals surface area contributed by atoms with E-state index in [-0.39, 0.29) is 97.5 Å². The van der Waals surface area contributed by atoms with Gasteiger partial charge in [0.05, 0.1) is 18.1 Å². The number of aliphatic hydroxyl groups excluding tert-OH is 1. The van der Waals surface area contributed by atoms with E-state index >= 15 is 4.39 Å². The van der Waals surface area contributed by atoms with E-state index < -0.39 is 35.3 Å². The number of unbranched alkanes of at least 4 members (excludes halogenated alkanes) is 1. The zero-order chi connectivity index (χ0) is 57.1. The Morgan fingerprint density at radius 2 is 1.67 bits per heavy atom. The Labute approximate surface area is 472 Å². The average Bonchev–Trinajstić information content (AvgIpc) is 4.36. The van der Waals surface area contributed by atoms with Gasteiger partial charge in [-0.3, -0.25) is 34.1 Å². The van der Waals surface area contributed by atoms with Crippen molar-refractivity contribution in [3.05, 3.63) is 82.9 Å². The summed E-state index contributed by atoms with van der Waals surface area (Å²) in [5, 5.41) is 43.4. The van der Waals surface area contributed by atoms with Gasteiger partial charge in [0.15, 0.2) is 5.82 Å². The quantitative estimate of drug-likeness (QED) is 0.0492. The topological polar surface area (TPSA) is 238 Å². The Kier molecular flexibility index (Phi) is 17.2. The molecule has 3 aromatic carbocycles. The molecule has 2 aromatic heterocycles. The summed E-state index contributed by atoms with van der Waals surface area (Å²) >= 11 is 0. The lowest BCUT2D eigenvalue weighted by Gasteiger charge is -2.35. The molecule has 19 nitrogen and oxygen atoms in total. The molecule has 7 heterocycles. The van der Waals surface area contributed by atoms with E-state index in [2.05, 4.69) is 40.7 Å². The molecule has 5 atom stereocenters. The number of likely N-dealkylation sites (tertiary alicyclic amines) is 1. The number of phenols is 2. The molecule has 2 bridgehead atoms. The maximum absolute atomic E-state index is 17.1. The van der Waals surface area contributed by atoms with Gasteiger partial charge in [0.25, 0.3) is 0 Å². The Morgan fingerprint density at radius 1 is 0.926 bits per heavy atom. The van der Waals surface area contributed by atoms with Crippen LogP contribution in [0.1, 0.15) is 109 Å². The number of benzene rings is 3. The predicted molar refractivity (Wildman–Crippen MR) is 308 cm³/mol. The number of hydrogen-bond donors (Lipinski definition) is 6. The van der Waals surface area contributed by atoms with Crippen molar-refractivity contribution in [3.8, 4) is 28.8 Å². The number of ether oxygens (including phenoxy) is 1. The summed E-state index contributed by atoms with van der Waals surface area (Å²) in [6, 6.07) is 13.1. The second kappa shape index (κ2) is 24.4. The molecule has 5 aliphatic heterocycles. The van der Waals surface area contributed by atoms with Crippen molar-refractivity contribution < 1.29 is 43.6 Å². The molecule has 4 saturated heterocycles. The highest BCUT2D eigenvalue weighted by atomic mass is 19.1. The number of aromatic nitrogens is 3. The second-order valence-corrected chi connectivity index (χ2v) is 23.5. The fourth-order valence-corrected chi connectivity index (χ4v) is 12.2. The molecule has 20 heteroatoms. The lowest BCUT2D eigenvalue weighted by Crippen LogP contribution is -2.57. The maximum atomic E-state index is 17.1. The van der Waals surface area contributed by atoms with Crippen LogP contribution in [0.15, 0.2) is 65.4 Å². The van der Waals surface area contributed by atoms with Crippen LogP contribution in [-0.4, -0.2) is 164 Å². The molecule has 430 valence electrons. The smallest absolute Gasteiger partial charge is 0.319 e. The minimum atomic E-state index is -0.944. The number of aliphatic imine (C=N–C) groups is 1. The van der Waals surface area contributed by atoms with Gasteiger partial charge < -0.3 is 50.7 Å². The zero-order valence-corrected chi connectivity index (χ0v) is 47.1. The van der Waals surface area contributed by atoms with Crippen LogP contribution in [0.5, 0.6) is 17.5 Å². The number of pyridine rings is 1. The van der Waals surface area contributed by atoms with Crippen molar-refractivity contribution in [2.75, 3.05) is 63.9 Å². The van der Waals surface area contributed by atoms with Crippen molar-refractivity contribution in [1.82, 2.24) is 45.6 Å². The molecule has 6 N–H and O–H groups in total. The monoisotopic (exact) mass is 1110 g/mol. The number of aliphatic hydroxyl groups is 1. The minimum Gasteiger partial charge on any atom is -0.508 e. The van der Waals surface area contributed by atoms with E-state index in [0.717, 1.165) is 36.1 Å². The molecule has 0 radical (unpaired) electrons. The van der Waals surface area contributed by atoms with Crippen LogP contribution in [0.4, 0.5) is 10.2 Å². The fourth-order valence-electron chi connectivity index (χ4n) is 12.2. The number of nitrogens with zero attached hydrogens (tertiary/aromatic N) is 8. The zero-order valence-electron chi connectivity index (χ0n) is 47.1. The number of phenolic OH excluding ortho intramolecular Hbond substituents is 2. The van der Waals surface area contributed by atoms with Gasteiger partial charge in [0.1, 0.15) is 40.6 Å². The molecule has 0 spiro atoms. The van der Waals surface area contributed by atoms with Crippen LogP contribution in [0, 0.1) is 11.2 Å². The number of halogens is 1. The van der Waals surface area contributed by atoms with Gasteiger partial charge in [-0.1, -0.05) is 58.0 Å². The van der Waals surface area contributed by atoms with Crippen molar-refractivity contribution in [1.29, 1.82) is 0 Å². The number of β-amino-alcohol motifs (C(OH)–C–C–N with tert-alkyl or cyclic N) is 1. The van der Waals surface area contributed by atoms with E-state index in [1.807, 2.05) is 70.0 Å². The number of fused-ring (bicyclic) bond motifs is 4. The number of aryl methyl sites for hydroxylation is 1. The number of hydrogen-bond acceptors (Lipinski definition) is 15. The fraction of sp³-hybridized carbons (Fsp3) is 0.508. The molecule has 10 rings (SSSR count). The standard InChI is InChI=1S/C61H76FN11O8/c1-6-44-49(76)19-16-39-28-42(74)29-46(52(39)44)54-53(62)55-47(32-64-54)57(72-33-40-17-18-41(34-72)66-40)69-60(68-55)81-27-9-22-70-23-25-71(26-24-70)51(78)11-8-7-10-50(77)67-56(61(3,4)5)59(80)73-35-43(75)30-48(73)58(79)65-31-37-12-14-38(15-13-37)45-20-21-63-36(45)2/h12-16,19,21,28-29,32,40-41,43,48,56,66,74-76H,6-11,17-18,20,22-27,30-31,33-35H2,1-5H3,(H,65,79)(H,67,77)/t40?,41?,43-,48+,56-/m1/s1. The second-order valence-electron chi connectivity index (χ2n) is 23.5. The van der Waals surface area contributed by atoms with Crippen LogP contribution >= 0.6 is 0 Å². The van der Waals surface area contributed by atoms with Gasteiger partial charge in [-0.2, -0.15) is 9.97 Å². The Balaban J connectivity index is 0.684. The Morgan fingerprint density at radius 3 is 2.37 bits per heavy atom. The number of nitrogens with one attached hydrogen (secondary N) is 3. The molecular weight excluding hydrogens is 1030 g/mol. The van der Waals surface area contributed by atoms with Crippen molar-refractivity contribution in [3.63, 3.8) is 0 Å². The van der Waals surface area contributed by atoms with Gasteiger partial charge >= 0.3 is 6.01 Å². The van der Waals surface area contributed by atoms with Gasteiger partial charge in [0, 0.05) is 126 Å². The number of aromatic hydroxyl groups is 2. The first-order valence-corrected chi connectivity index (χ1v) is 28.8. The molecule has 5 aliphatic rings. The Bertz CT molecular complexity index is 3240. The molecule has 2 unspecified atom stereocenters. The van der Waals surface area contributed by atoms with Gasteiger partial charge in [-0.05, 0) is 96.5 Å². The van der Waals surface area contributed by atoms with Crippen LogP contribution in [0.25, 0.3) is 38.5 Å². The summed E-state index contributed by atoms with van der Waals surface area (Å²) in [5.74, 6) is -1.19. The minimum absolute atomic E-state index is 0.00272. The summed E-state index contributed by atoms with van der Waals surface area (Å²) in [6.45, 7) is 14.5. The number of anilines is 1. The van der Waals surface area contributed by atoms with Crippen LogP contribution in [0.2, 0.25) is 0 Å². The number of allylic oxidation sites excluding steroid dienone is 2. The van der Waals surface area contributed by atoms with Gasteiger partial charge in [-0.25, -0.2) is 4.39 Å². The van der Waals surface area contributed by atoms with E-state index in [1.165, 1.54) is 16.5 Å². The largest absolute Gasteiger partial charge is 0.508 e. The summed E-state index contributed by atoms with van der Waals surface area (Å²) < 4.78 is 23.3. The number of carbonyl (C=O) groups excluding carboxylic acids is 4. The third-order valence-electron chi connectivity index (χ3n) is 16.6. The maximum Gasteiger partial charge on any atom is 0.319 e.